The van der Waals surface area contributed by atoms with Crippen LogP contribution in [0.25, 0.3) is 0 Å². The summed E-state index contributed by atoms with van der Waals surface area (Å²) in [6.07, 6.45) is 7.20. The summed E-state index contributed by atoms with van der Waals surface area (Å²) in [6, 6.07) is 3.43. The molecule has 2 heterocycles. The lowest BCUT2D eigenvalue weighted by atomic mass is 9.86. The van der Waals surface area contributed by atoms with Gasteiger partial charge in [-0.3, -0.25) is 9.78 Å². The van der Waals surface area contributed by atoms with Gasteiger partial charge in [-0.25, -0.2) is 5.43 Å². The van der Waals surface area contributed by atoms with Crippen molar-refractivity contribution in [1.82, 2.24) is 15.8 Å². The van der Waals surface area contributed by atoms with E-state index in [0.29, 0.717) is 5.92 Å². The van der Waals surface area contributed by atoms with Crippen molar-refractivity contribution in [2.75, 3.05) is 0 Å². The Morgan fingerprint density at radius 3 is 2.78 bits per heavy atom. The number of rotatable bonds is 4. The van der Waals surface area contributed by atoms with Crippen LogP contribution in [0.3, 0.4) is 0 Å². The number of Topliss-reactive ketones (excluding diaryl/α,β-unsaturated/α-hetero) is 1. The fourth-order valence-electron chi connectivity index (χ4n) is 2.34. The molecule has 4 nitrogen and oxygen atoms in total. The van der Waals surface area contributed by atoms with E-state index in [9.17, 15) is 4.79 Å². The van der Waals surface area contributed by atoms with Gasteiger partial charge in [0.15, 0.2) is 5.78 Å². The quantitative estimate of drug-likeness (QED) is 0.853. The largest absolute Gasteiger partial charge is 0.327 e. The first-order chi connectivity index (χ1) is 8.77. The van der Waals surface area contributed by atoms with E-state index in [2.05, 4.69) is 29.7 Å². The molecule has 0 saturated carbocycles. The number of nitrogens with zero attached hydrogens (tertiary/aromatic N) is 1. The molecular weight excluding hydrogens is 226 g/mol. The molecule has 0 saturated heterocycles. The third-order valence-electron chi connectivity index (χ3n) is 3.45. The molecule has 96 valence electrons. The van der Waals surface area contributed by atoms with E-state index >= 15 is 0 Å². The van der Waals surface area contributed by atoms with E-state index in [1.54, 1.807) is 18.6 Å². The summed E-state index contributed by atoms with van der Waals surface area (Å²) in [5.74, 6) is 0.474. The van der Waals surface area contributed by atoms with Crippen LogP contribution in [-0.4, -0.2) is 10.8 Å². The number of hydrogen-bond acceptors (Lipinski definition) is 4. The van der Waals surface area contributed by atoms with E-state index in [0.717, 1.165) is 24.0 Å². The summed E-state index contributed by atoms with van der Waals surface area (Å²) in [5, 5.41) is 0. The molecule has 1 aromatic rings. The Morgan fingerprint density at radius 2 is 2.17 bits per heavy atom. The van der Waals surface area contributed by atoms with Gasteiger partial charge in [-0.15, -0.1) is 0 Å². The standard InChI is InChI=1S/C14H19N3O/c1-3-10(4-2)12-9-16-17-13(14(12)18)11-6-5-7-15-8-11/h5-10,13,16-17H,3-4H2,1-2H3. The molecule has 0 amide bonds. The topological polar surface area (TPSA) is 54.0 Å². The Hall–Kier alpha value is -1.68. The number of nitrogens with one attached hydrogen (secondary N) is 2. The van der Waals surface area contributed by atoms with Crippen LogP contribution in [0.15, 0.2) is 36.3 Å². The van der Waals surface area contributed by atoms with Crippen molar-refractivity contribution in [1.29, 1.82) is 0 Å². The number of hydrogen-bond donors (Lipinski definition) is 2. The average molecular weight is 245 g/mol. The van der Waals surface area contributed by atoms with Crippen LogP contribution in [0.1, 0.15) is 38.3 Å². The Balaban J connectivity index is 2.23. The van der Waals surface area contributed by atoms with E-state index < -0.39 is 0 Å². The monoisotopic (exact) mass is 245 g/mol. The second kappa shape index (κ2) is 5.78. The highest BCUT2D eigenvalue weighted by Crippen LogP contribution is 2.27. The van der Waals surface area contributed by atoms with Gasteiger partial charge in [-0.2, -0.15) is 0 Å². The number of ketones is 1. The molecule has 4 heteroatoms. The Kier molecular flexibility index (Phi) is 4.10. The third-order valence-corrected chi connectivity index (χ3v) is 3.45. The summed E-state index contributed by atoms with van der Waals surface area (Å²) < 4.78 is 0. The molecule has 2 N–H and O–H groups in total. The van der Waals surface area contributed by atoms with Crippen LogP contribution in [0.4, 0.5) is 0 Å². The first-order valence-electron chi connectivity index (χ1n) is 6.43. The van der Waals surface area contributed by atoms with Crippen molar-refractivity contribution in [2.45, 2.75) is 32.7 Å². The van der Waals surface area contributed by atoms with Crippen molar-refractivity contribution in [3.63, 3.8) is 0 Å². The molecule has 0 aromatic carbocycles. The number of hydrazine groups is 1. The normalized spacial score (nSPS) is 19.6. The second-order valence-electron chi connectivity index (χ2n) is 4.49. The van der Waals surface area contributed by atoms with E-state index in [4.69, 9.17) is 0 Å². The zero-order chi connectivity index (χ0) is 13.0. The molecule has 0 fully saturated rings. The minimum Gasteiger partial charge on any atom is -0.327 e. The first kappa shape index (κ1) is 12.8. The van der Waals surface area contributed by atoms with E-state index in [1.165, 1.54) is 0 Å². The fourth-order valence-corrected chi connectivity index (χ4v) is 2.34. The van der Waals surface area contributed by atoms with Crippen LogP contribution < -0.4 is 10.9 Å². The molecule has 0 aliphatic carbocycles. The predicted octanol–water partition coefficient (Wildman–Crippen LogP) is 2.12. The van der Waals surface area contributed by atoms with Crippen molar-refractivity contribution in [2.24, 2.45) is 5.92 Å². The van der Waals surface area contributed by atoms with Gasteiger partial charge >= 0.3 is 0 Å². The van der Waals surface area contributed by atoms with Crippen LogP contribution in [0.5, 0.6) is 0 Å². The maximum atomic E-state index is 12.5. The summed E-state index contributed by atoms with van der Waals surface area (Å²) in [6.45, 7) is 4.23. The van der Waals surface area contributed by atoms with Crippen molar-refractivity contribution in [3.05, 3.63) is 41.9 Å². The highest BCUT2D eigenvalue weighted by Gasteiger charge is 2.29. The lowest BCUT2D eigenvalue weighted by molar-refractivity contribution is -0.119. The molecule has 0 bridgehead atoms. The highest BCUT2D eigenvalue weighted by molar-refractivity contribution is 6.00. The second-order valence-corrected chi connectivity index (χ2v) is 4.49. The predicted molar refractivity (Wildman–Crippen MR) is 70.4 cm³/mol. The van der Waals surface area contributed by atoms with Crippen LogP contribution in [-0.2, 0) is 4.79 Å². The van der Waals surface area contributed by atoms with Gasteiger partial charge in [0.05, 0.1) is 0 Å². The summed E-state index contributed by atoms with van der Waals surface area (Å²) >= 11 is 0. The average Bonchev–Trinajstić information content (AvgIpc) is 2.43. The van der Waals surface area contributed by atoms with Crippen LogP contribution in [0, 0.1) is 5.92 Å². The zero-order valence-corrected chi connectivity index (χ0v) is 10.8. The Bertz CT molecular complexity index is 438. The summed E-state index contributed by atoms with van der Waals surface area (Å²) in [7, 11) is 0. The molecule has 1 unspecified atom stereocenters. The van der Waals surface area contributed by atoms with Crippen molar-refractivity contribution >= 4 is 5.78 Å². The van der Waals surface area contributed by atoms with Crippen LogP contribution >= 0.6 is 0 Å². The van der Waals surface area contributed by atoms with E-state index in [-0.39, 0.29) is 11.8 Å². The SMILES string of the molecule is CCC(CC)C1=CNNC(c2cccnc2)C1=O. The van der Waals surface area contributed by atoms with Gasteiger partial charge in [-0.05, 0) is 30.4 Å². The van der Waals surface area contributed by atoms with E-state index in [1.807, 2.05) is 12.1 Å². The summed E-state index contributed by atoms with van der Waals surface area (Å²) in [4.78, 5) is 16.6. The molecule has 0 radical (unpaired) electrons. The highest BCUT2D eigenvalue weighted by atomic mass is 16.1. The van der Waals surface area contributed by atoms with Gasteiger partial charge in [0.2, 0.25) is 0 Å². The first-order valence-corrected chi connectivity index (χ1v) is 6.43. The Morgan fingerprint density at radius 1 is 1.39 bits per heavy atom. The van der Waals surface area contributed by atoms with Crippen molar-refractivity contribution < 1.29 is 4.79 Å². The summed E-state index contributed by atoms with van der Waals surface area (Å²) in [5.41, 5.74) is 7.78. The van der Waals surface area contributed by atoms with Gasteiger partial charge in [0, 0.05) is 24.2 Å². The molecular formula is C14H19N3O. The molecule has 2 rings (SSSR count). The van der Waals surface area contributed by atoms with Crippen LogP contribution in [0.2, 0.25) is 0 Å². The number of pyridine rings is 1. The lowest BCUT2D eigenvalue weighted by Gasteiger charge is -2.27. The molecule has 18 heavy (non-hydrogen) atoms. The maximum Gasteiger partial charge on any atom is 0.183 e. The maximum absolute atomic E-state index is 12.5. The molecule has 1 aliphatic heterocycles. The van der Waals surface area contributed by atoms with Crippen molar-refractivity contribution in [3.8, 4) is 0 Å². The van der Waals surface area contributed by atoms with Gasteiger partial charge < -0.3 is 5.43 Å². The third kappa shape index (κ3) is 2.43. The Labute approximate surface area is 107 Å². The molecule has 1 aromatic heterocycles. The zero-order valence-electron chi connectivity index (χ0n) is 10.8. The number of carbonyl (C=O) groups excluding carboxylic acids is 1. The van der Waals surface area contributed by atoms with Gasteiger partial charge in [-0.1, -0.05) is 19.9 Å². The molecule has 1 aliphatic rings. The minimum absolute atomic E-state index is 0.149. The smallest absolute Gasteiger partial charge is 0.183 e. The minimum atomic E-state index is -0.334. The number of aromatic nitrogens is 1. The fraction of sp³-hybridized carbons (Fsp3) is 0.429. The lowest BCUT2D eigenvalue weighted by Crippen LogP contribution is -2.43. The van der Waals surface area contributed by atoms with Gasteiger partial charge in [0.1, 0.15) is 6.04 Å². The van der Waals surface area contributed by atoms with Gasteiger partial charge in [0.25, 0.3) is 0 Å². The molecule has 0 spiro atoms. The number of carbonyl (C=O) groups is 1. The molecule has 1 atom stereocenters.